The lowest BCUT2D eigenvalue weighted by Gasteiger charge is -2.02. The van der Waals surface area contributed by atoms with Crippen molar-refractivity contribution in [2.75, 3.05) is 5.73 Å². The van der Waals surface area contributed by atoms with Crippen LogP contribution in [0.3, 0.4) is 0 Å². The number of hydrogen-bond donors (Lipinski definition) is 1. The third kappa shape index (κ3) is 3.26. The van der Waals surface area contributed by atoms with Gasteiger partial charge in [0.1, 0.15) is 0 Å². The molecule has 2 aromatic carbocycles. The van der Waals surface area contributed by atoms with Gasteiger partial charge in [0.2, 0.25) is 0 Å². The smallest absolute Gasteiger partial charge is 0.0492 e. The van der Waals surface area contributed by atoms with Gasteiger partial charge in [-0.1, -0.05) is 18.2 Å². The number of hydrogen-bond acceptors (Lipinski definition) is 1. The number of benzene rings is 2. The van der Waals surface area contributed by atoms with Crippen molar-refractivity contribution in [3.8, 4) is 0 Å². The number of nitrogens with two attached hydrogens (primary N) is 1. The molecule has 0 saturated carbocycles. The standard InChI is InChI=1S/C14H14N2.4ClH/c1-2-16-13-6-4-3-5-11(13)12-9-10(15)7-8-14(12)16;;;;/h3-9H,2,15H2,1H3;4*1H. The van der Waals surface area contributed by atoms with Crippen LogP contribution >= 0.6 is 49.6 Å². The molecule has 0 aliphatic heterocycles. The summed E-state index contributed by atoms with van der Waals surface area (Å²) in [4.78, 5) is 0. The maximum Gasteiger partial charge on any atom is 0.0492 e. The van der Waals surface area contributed by atoms with Crippen molar-refractivity contribution in [3.05, 3.63) is 42.5 Å². The lowest BCUT2D eigenvalue weighted by atomic mass is 10.1. The number of para-hydroxylation sites is 1. The first kappa shape index (κ1) is 21.5. The Morgan fingerprint density at radius 3 is 2.10 bits per heavy atom. The van der Waals surface area contributed by atoms with Gasteiger partial charge in [0, 0.05) is 34.0 Å². The highest BCUT2D eigenvalue weighted by Gasteiger charge is 2.08. The van der Waals surface area contributed by atoms with Gasteiger partial charge in [-0.2, -0.15) is 0 Å². The summed E-state index contributed by atoms with van der Waals surface area (Å²) in [5, 5.41) is 2.53. The van der Waals surface area contributed by atoms with Gasteiger partial charge in [-0.05, 0) is 31.2 Å². The normalized spacial score (nSPS) is 9.05. The molecule has 6 heteroatoms. The van der Waals surface area contributed by atoms with Crippen molar-refractivity contribution < 1.29 is 0 Å². The Kier molecular flexibility index (Phi) is 9.11. The second-order valence-corrected chi connectivity index (χ2v) is 4.04. The van der Waals surface area contributed by atoms with E-state index in [0.717, 1.165) is 12.2 Å². The quantitative estimate of drug-likeness (QED) is 0.606. The topological polar surface area (TPSA) is 30.9 Å². The van der Waals surface area contributed by atoms with Crippen molar-refractivity contribution in [2.45, 2.75) is 13.5 Å². The molecule has 0 unspecified atom stereocenters. The molecule has 1 aromatic heterocycles. The van der Waals surface area contributed by atoms with E-state index in [-0.39, 0.29) is 49.6 Å². The van der Waals surface area contributed by atoms with Crippen LogP contribution in [0.1, 0.15) is 6.92 Å². The van der Waals surface area contributed by atoms with Crippen LogP contribution in [0.2, 0.25) is 0 Å². The fraction of sp³-hybridized carbons (Fsp3) is 0.143. The summed E-state index contributed by atoms with van der Waals surface area (Å²) >= 11 is 0. The van der Waals surface area contributed by atoms with Gasteiger partial charge in [0.25, 0.3) is 0 Å². The molecule has 0 spiro atoms. The van der Waals surface area contributed by atoms with Crippen molar-refractivity contribution in [1.29, 1.82) is 0 Å². The first-order valence-corrected chi connectivity index (χ1v) is 5.57. The van der Waals surface area contributed by atoms with E-state index in [1.54, 1.807) is 0 Å². The summed E-state index contributed by atoms with van der Waals surface area (Å²) in [6.45, 7) is 3.15. The zero-order valence-corrected chi connectivity index (χ0v) is 14.2. The molecule has 20 heavy (non-hydrogen) atoms. The predicted molar refractivity (Wildman–Crippen MR) is 98.5 cm³/mol. The first-order chi connectivity index (χ1) is 7.81. The van der Waals surface area contributed by atoms with Gasteiger partial charge in [-0.25, -0.2) is 0 Å². The molecule has 1 heterocycles. The molecule has 0 aliphatic rings. The Morgan fingerprint density at radius 2 is 1.45 bits per heavy atom. The van der Waals surface area contributed by atoms with E-state index in [1.165, 1.54) is 21.8 Å². The minimum atomic E-state index is 0. The first-order valence-electron chi connectivity index (χ1n) is 5.57. The molecule has 3 aromatic rings. The summed E-state index contributed by atoms with van der Waals surface area (Å²) < 4.78 is 2.32. The van der Waals surface area contributed by atoms with Crippen molar-refractivity contribution in [3.63, 3.8) is 0 Å². The molecule has 0 aliphatic carbocycles. The maximum absolute atomic E-state index is 5.86. The van der Waals surface area contributed by atoms with Gasteiger partial charge >= 0.3 is 0 Å². The number of nitrogens with zero attached hydrogens (tertiary/aromatic N) is 1. The Hall–Kier alpha value is -0.800. The third-order valence-electron chi connectivity index (χ3n) is 3.11. The lowest BCUT2D eigenvalue weighted by molar-refractivity contribution is 0.827. The van der Waals surface area contributed by atoms with E-state index in [9.17, 15) is 0 Å². The van der Waals surface area contributed by atoms with E-state index >= 15 is 0 Å². The van der Waals surface area contributed by atoms with E-state index in [0.29, 0.717) is 0 Å². The summed E-state index contributed by atoms with van der Waals surface area (Å²) in [6.07, 6.45) is 0. The molecule has 112 valence electrons. The summed E-state index contributed by atoms with van der Waals surface area (Å²) in [5.41, 5.74) is 9.23. The highest BCUT2D eigenvalue weighted by atomic mass is 35.5. The van der Waals surface area contributed by atoms with Gasteiger partial charge in [0.15, 0.2) is 0 Å². The number of aryl methyl sites for hydroxylation is 1. The Morgan fingerprint density at radius 1 is 0.850 bits per heavy atom. The van der Waals surface area contributed by atoms with E-state index < -0.39 is 0 Å². The van der Waals surface area contributed by atoms with Crippen LogP contribution < -0.4 is 5.73 Å². The van der Waals surface area contributed by atoms with Crippen LogP contribution in [0.5, 0.6) is 0 Å². The molecule has 0 saturated heterocycles. The molecular weight excluding hydrogens is 338 g/mol. The van der Waals surface area contributed by atoms with Crippen LogP contribution in [0, 0.1) is 0 Å². The van der Waals surface area contributed by atoms with E-state index in [4.69, 9.17) is 5.73 Å². The average Bonchev–Trinajstić information content (AvgIpc) is 2.62. The number of halogens is 4. The van der Waals surface area contributed by atoms with Crippen molar-refractivity contribution in [1.82, 2.24) is 4.57 Å². The molecule has 0 fully saturated rings. The molecule has 2 N–H and O–H groups in total. The monoisotopic (exact) mass is 354 g/mol. The number of aromatic nitrogens is 1. The predicted octanol–water partition coefficient (Wildman–Crippen LogP) is 5.08. The highest BCUT2D eigenvalue weighted by Crippen LogP contribution is 2.29. The second kappa shape index (κ2) is 8.48. The van der Waals surface area contributed by atoms with Gasteiger partial charge in [-0.15, -0.1) is 49.6 Å². The summed E-state index contributed by atoms with van der Waals surface area (Å²) in [7, 11) is 0. The molecule has 2 nitrogen and oxygen atoms in total. The van der Waals surface area contributed by atoms with E-state index in [1.807, 2.05) is 6.07 Å². The largest absolute Gasteiger partial charge is 0.399 e. The van der Waals surface area contributed by atoms with Crippen molar-refractivity contribution in [2.24, 2.45) is 0 Å². The Labute approximate surface area is 143 Å². The highest BCUT2D eigenvalue weighted by molar-refractivity contribution is 6.08. The number of anilines is 1. The Bertz CT molecular complexity index is 679. The third-order valence-corrected chi connectivity index (χ3v) is 3.11. The van der Waals surface area contributed by atoms with Crippen LogP contribution in [0.4, 0.5) is 5.69 Å². The molecule has 0 radical (unpaired) electrons. The Balaban J connectivity index is 0. The van der Waals surface area contributed by atoms with Gasteiger partial charge in [-0.3, -0.25) is 0 Å². The minimum absolute atomic E-state index is 0. The number of nitrogen functional groups attached to an aromatic ring is 1. The minimum Gasteiger partial charge on any atom is -0.399 e. The summed E-state index contributed by atoms with van der Waals surface area (Å²) in [6, 6.07) is 14.6. The SMILES string of the molecule is CCn1c2ccccc2c2cc(N)ccc21.Cl.Cl.Cl.Cl. The van der Waals surface area contributed by atoms with Gasteiger partial charge in [0.05, 0.1) is 0 Å². The lowest BCUT2D eigenvalue weighted by Crippen LogP contribution is -1.92. The van der Waals surface area contributed by atoms with Crippen LogP contribution in [0.25, 0.3) is 21.8 Å². The summed E-state index contributed by atoms with van der Waals surface area (Å²) in [5.74, 6) is 0. The zero-order valence-electron chi connectivity index (χ0n) is 10.9. The van der Waals surface area contributed by atoms with E-state index in [2.05, 4.69) is 47.9 Å². The fourth-order valence-electron chi connectivity index (χ4n) is 2.41. The second-order valence-electron chi connectivity index (χ2n) is 4.04. The average molecular weight is 356 g/mol. The molecule has 3 rings (SSSR count). The molecule has 0 atom stereocenters. The van der Waals surface area contributed by atoms with Crippen molar-refractivity contribution >= 4 is 77.1 Å². The van der Waals surface area contributed by atoms with Crippen LogP contribution in [-0.4, -0.2) is 4.57 Å². The molecule has 0 bridgehead atoms. The van der Waals surface area contributed by atoms with Crippen LogP contribution in [-0.2, 0) is 6.54 Å². The maximum atomic E-state index is 5.86. The fourth-order valence-corrected chi connectivity index (χ4v) is 2.41. The van der Waals surface area contributed by atoms with Crippen LogP contribution in [0.15, 0.2) is 42.5 Å². The number of fused-ring (bicyclic) bond motifs is 3. The number of rotatable bonds is 1. The molecular formula is C14H18Cl4N2. The van der Waals surface area contributed by atoms with Gasteiger partial charge < -0.3 is 10.3 Å². The zero-order chi connectivity index (χ0) is 11.1. The molecule has 0 amide bonds.